The second kappa shape index (κ2) is 8.16. The van der Waals surface area contributed by atoms with Crippen molar-refractivity contribution >= 4 is 5.69 Å². The Labute approximate surface area is 116 Å². The van der Waals surface area contributed by atoms with E-state index in [1.807, 2.05) is 6.07 Å². The molecule has 0 saturated carbocycles. The zero-order valence-electron chi connectivity index (χ0n) is 12.5. The Morgan fingerprint density at radius 1 is 1.32 bits per heavy atom. The van der Waals surface area contributed by atoms with E-state index in [9.17, 15) is 4.39 Å². The number of anilines is 1. The van der Waals surface area contributed by atoms with Gasteiger partial charge in [-0.3, -0.25) is 0 Å². The molecule has 0 saturated heterocycles. The van der Waals surface area contributed by atoms with E-state index >= 15 is 0 Å². The van der Waals surface area contributed by atoms with Gasteiger partial charge in [0.15, 0.2) is 0 Å². The third kappa shape index (κ3) is 4.20. The van der Waals surface area contributed by atoms with E-state index in [1.165, 1.54) is 0 Å². The largest absolute Gasteiger partial charge is 0.366 e. The number of hydrogen-bond acceptors (Lipinski definition) is 2. The van der Waals surface area contributed by atoms with Gasteiger partial charge in [-0.1, -0.05) is 32.4 Å². The van der Waals surface area contributed by atoms with Crippen LogP contribution in [0.25, 0.3) is 0 Å². The molecule has 1 atom stereocenters. The van der Waals surface area contributed by atoms with Crippen molar-refractivity contribution in [2.24, 2.45) is 5.73 Å². The highest BCUT2D eigenvalue weighted by molar-refractivity contribution is 5.55. The second-order valence-electron chi connectivity index (χ2n) is 5.09. The fraction of sp³-hybridized carbons (Fsp3) is 0.625. The third-order valence-electron chi connectivity index (χ3n) is 3.65. The minimum Gasteiger partial charge on any atom is -0.366 e. The number of rotatable bonds is 8. The molecule has 1 aromatic rings. The maximum atomic E-state index is 14.3. The molecule has 0 radical (unpaired) electrons. The van der Waals surface area contributed by atoms with Gasteiger partial charge in [-0.25, -0.2) is 4.39 Å². The zero-order chi connectivity index (χ0) is 14.3. The molecule has 0 aromatic heterocycles. The van der Waals surface area contributed by atoms with Crippen LogP contribution in [0.4, 0.5) is 10.1 Å². The van der Waals surface area contributed by atoms with Crippen LogP contribution in [0, 0.1) is 5.82 Å². The highest BCUT2D eigenvalue weighted by atomic mass is 19.1. The topological polar surface area (TPSA) is 29.3 Å². The van der Waals surface area contributed by atoms with Gasteiger partial charge in [0.1, 0.15) is 5.82 Å². The number of unbranched alkanes of at least 4 members (excludes halogenated alkanes) is 1. The Balaban J connectivity index is 3.11. The lowest BCUT2D eigenvalue weighted by Crippen LogP contribution is -2.35. The Morgan fingerprint density at radius 3 is 2.63 bits per heavy atom. The van der Waals surface area contributed by atoms with E-state index in [0.29, 0.717) is 12.6 Å². The van der Waals surface area contributed by atoms with Crippen LogP contribution < -0.4 is 10.6 Å². The summed E-state index contributed by atoms with van der Waals surface area (Å²) in [5, 5.41) is 0. The maximum Gasteiger partial charge on any atom is 0.146 e. The molecule has 0 aliphatic heterocycles. The van der Waals surface area contributed by atoms with Crippen molar-refractivity contribution < 1.29 is 4.39 Å². The molecule has 0 heterocycles. The van der Waals surface area contributed by atoms with Crippen LogP contribution >= 0.6 is 0 Å². The molecule has 0 aliphatic carbocycles. The molecule has 1 unspecified atom stereocenters. The summed E-state index contributed by atoms with van der Waals surface area (Å²) >= 11 is 0. The van der Waals surface area contributed by atoms with Crippen molar-refractivity contribution in [1.82, 2.24) is 0 Å². The predicted molar refractivity (Wildman–Crippen MR) is 81.2 cm³/mol. The summed E-state index contributed by atoms with van der Waals surface area (Å²) in [4.78, 5) is 2.21. The Kier molecular flexibility index (Phi) is 6.85. The normalized spacial score (nSPS) is 12.5. The van der Waals surface area contributed by atoms with E-state index in [4.69, 9.17) is 5.73 Å². The minimum absolute atomic E-state index is 0.123. The quantitative estimate of drug-likeness (QED) is 0.777. The van der Waals surface area contributed by atoms with Crippen molar-refractivity contribution in [3.63, 3.8) is 0 Å². The fourth-order valence-corrected chi connectivity index (χ4v) is 2.34. The smallest absolute Gasteiger partial charge is 0.146 e. The lowest BCUT2D eigenvalue weighted by molar-refractivity contribution is 0.561. The zero-order valence-corrected chi connectivity index (χ0v) is 12.5. The van der Waals surface area contributed by atoms with Gasteiger partial charge in [0, 0.05) is 12.6 Å². The molecule has 1 rings (SSSR count). The summed E-state index contributed by atoms with van der Waals surface area (Å²) in [6.45, 7) is 7.93. The second-order valence-corrected chi connectivity index (χ2v) is 5.09. The molecule has 1 aromatic carbocycles. The van der Waals surface area contributed by atoms with Gasteiger partial charge in [0.2, 0.25) is 0 Å². The number of para-hydroxylation sites is 1. The summed E-state index contributed by atoms with van der Waals surface area (Å²) in [5.41, 5.74) is 7.43. The van der Waals surface area contributed by atoms with Gasteiger partial charge >= 0.3 is 0 Å². The molecule has 108 valence electrons. The van der Waals surface area contributed by atoms with Gasteiger partial charge in [0.05, 0.1) is 5.69 Å². The Hall–Kier alpha value is -1.09. The monoisotopic (exact) mass is 266 g/mol. The average Bonchev–Trinajstić information content (AvgIpc) is 2.41. The van der Waals surface area contributed by atoms with E-state index in [0.717, 1.165) is 43.5 Å². The SMILES string of the molecule is CCCCN(c1c(F)cccc1CCN)C(C)CC. The fourth-order valence-electron chi connectivity index (χ4n) is 2.34. The first-order valence-electron chi connectivity index (χ1n) is 7.39. The molecule has 2 N–H and O–H groups in total. The van der Waals surface area contributed by atoms with Gasteiger partial charge in [-0.15, -0.1) is 0 Å². The van der Waals surface area contributed by atoms with Crippen LogP contribution in [0.1, 0.15) is 45.6 Å². The molecule has 0 amide bonds. The van der Waals surface area contributed by atoms with Crippen LogP contribution in [-0.4, -0.2) is 19.1 Å². The number of halogens is 1. The molecule has 0 aliphatic rings. The first-order chi connectivity index (χ1) is 9.15. The Bertz CT molecular complexity index is 379. The van der Waals surface area contributed by atoms with Crippen LogP contribution in [0.15, 0.2) is 18.2 Å². The Morgan fingerprint density at radius 2 is 2.05 bits per heavy atom. The van der Waals surface area contributed by atoms with E-state index in [2.05, 4.69) is 25.7 Å². The number of nitrogens with two attached hydrogens (primary N) is 1. The first kappa shape index (κ1) is 16.0. The van der Waals surface area contributed by atoms with Crippen molar-refractivity contribution in [3.05, 3.63) is 29.6 Å². The summed E-state index contributed by atoms with van der Waals surface area (Å²) in [7, 11) is 0. The molecule has 0 fully saturated rings. The first-order valence-corrected chi connectivity index (χ1v) is 7.39. The van der Waals surface area contributed by atoms with E-state index < -0.39 is 0 Å². The van der Waals surface area contributed by atoms with Crippen molar-refractivity contribution in [3.8, 4) is 0 Å². The third-order valence-corrected chi connectivity index (χ3v) is 3.65. The van der Waals surface area contributed by atoms with Gasteiger partial charge in [-0.2, -0.15) is 0 Å². The van der Waals surface area contributed by atoms with Gasteiger partial charge < -0.3 is 10.6 Å². The number of benzene rings is 1. The summed E-state index contributed by atoms with van der Waals surface area (Å²) in [6.07, 6.45) is 3.95. The standard InChI is InChI=1S/C16H27FN2/c1-4-6-12-19(13(3)5-2)16-14(10-11-18)8-7-9-15(16)17/h7-9,13H,4-6,10-12,18H2,1-3H3. The van der Waals surface area contributed by atoms with Crippen molar-refractivity contribution in [2.45, 2.75) is 52.5 Å². The predicted octanol–water partition coefficient (Wildman–Crippen LogP) is 3.73. The van der Waals surface area contributed by atoms with E-state index in [-0.39, 0.29) is 5.82 Å². The highest BCUT2D eigenvalue weighted by Gasteiger charge is 2.19. The van der Waals surface area contributed by atoms with Crippen molar-refractivity contribution in [2.75, 3.05) is 18.0 Å². The van der Waals surface area contributed by atoms with Crippen LogP contribution in [0.5, 0.6) is 0 Å². The van der Waals surface area contributed by atoms with Crippen LogP contribution in [-0.2, 0) is 6.42 Å². The number of hydrogen-bond donors (Lipinski definition) is 1. The lowest BCUT2D eigenvalue weighted by Gasteiger charge is -2.33. The molecule has 3 heteroatoms. The lowest BCUT2D eigenvalue weighted by atomic mass is 10.0. The number of nitrogens with zero attached hydrogens (tertiary/aromatic N) is 1. The molecule has 0 spiro atoms. The highest BCUT2D eigenvalue weighted by Crippen LogP contribution is 2.28. The van der Waals surface area contributed by atoms with Gasteiger partial charge in [-0.05, 0) is 44.4 Å². The molecular weight excluding hydrogens is 239 g/mol. The van der Waals surface area contributed by atoms with Crippen molar-refractivity contribution in [1.29, 1.82) is 0 Å². The summed E-state index contributed by atoms with van der Waals surface area (Å²) in [6, 6.07) is 5.67. The van der Waals surface area contributed by atoms with Gasteiger partial charge in [0.25, 0.3) is 0 Å². The maximum absolute atomic E-state index is 14.3. The summed E-state index contributed by atoms with van der Waals surface area (Å²) < 4.78 is 14.3. The molecule has 19 heavy (non-hydrogen) atoms. The average molecular weight is 266 g/mol. The van der Waals surface area contributed by atoms with Crippen LogP contribution in [0.3, 0.4) is 0 Å². The molecule has 2 nitrogen and oxygen atoms in total. The van der Waals surface area contributed by atoms with Crippen LogP contribution in [0.2, 0.25) is 0 Å². The molecular formula is C16H27FN2. The summed E-state index contributed by atoms with van der Waals surface area (Å²) in [5.74, 6) is -0.123. The van der Waals surface area contributed by atoms with E-state index in [1.54, 1.807) is 12.1 Å². The minimum atomic E-state index is -0.123. The molecule has 0 bridgehead atoms.